The lowest BCUT2D eigenvalue weighted by atomic mass is 11.9. The van der Waals surface area contributed by atoms with Gasteiger partial charge in [0.2, 0.25) is 0 Å². The predicted octanol–water partition coefficient (Wildman–Crippen LogP) is 0.649. The van der Waals surface area contributed by atoms with Gasteiger partial charge in [-0.15, -0.1) is 0 Å². The highest BCUT2D eigenvalue weighted by atomic mass is 32.3. The molecule has 0 atom stereocenters. The zero-order chi connectivity index (χ0) is 7.71. The van der Waals surface area contributed by atoms with Crippen molar-refractivity contribution in [1.29, 1.82) is 0 Å². The molecule has 0 unspecified atom stereocenters. The van der Waals surface area contributed by atoms with E-state index in [0.717, 1.165) is 6.26 Å². The molecule has 0 rings (SSSR count). The highest BCUT2D eigenvalue weighted by Crippen LogP contribution is 2.34. The van der Waals surface area contributed by atoms with Crippen molar-refractivity contribution < 1.29 is 12.0 Å². The first-order valence-electron chi connectivity index (χ1n) is 2.33. The van der Waals surface area contributed by atoms with Gasteiger partial charge in [-0.1, -0.05) is 0 Å². The van der Waals surface area contributed by atoms with Gasteiger partial charge in [0.05, 0.1) is 0 Å². The molecule has 0 aromatic carbocycles. The highest BCUT2D eigenvalue weighted by molar-refractivity contribution is 8.30. The van der Waals surface area contributed by atoms with E-state index in [1.165, 1.54) is 0 Å². The summed E-state index contributed by atoms with van der Waals surface area (Å²) in [6, 6.07) is 0. The topological polar surface area (TPSA) is 46.9 Å². The van der Waals surface area contributed by atoms with Crippen LogP contribution in [0.2, 0.25) is 0 Å². The number of hydrogen-bond donors (Lipinski definition) is 0. The van der Waals surface area contributed by atoms with E-state index >= 15 is 0 Å². The maximum Gasteiger partial charge on any atom is 0.387 e. The van der Waals surface area contributed by atoms with E-state index < -0.39 is 20.4 Å². The van der Waals surface area contributed by atoms with Gasteiger partial charge in [0.25, 0.3) is 0 Å². The van der Waals surface area contributed by atoms with Crippen LogP contribution in [0.4, 0.5) is 0 Å². The van der Waals surface area contributed by atoms with Crippen LogP contribution in [0.3, 0.4) is 0 Å². The monoisotopic (exact) mass is 173 g/mol. The molecule has 0 spiro atoms. The number of rotatable bonds is 2. The van der Waals surface area contributed by atoms with Crippen LogP contribution in [0, 0.1) is 0 Å². The molecule has 5 heteroatoms. The van der Waals surface area contributed by atoms with Crippen molar-refractivity contribution in [2.45, 2.75) is 0 Å². The fourth-order valence-corrected chi connectivity index (χ4v) is 3.66. The van der Waals surface area contributed by atoms with Crippen LogP contribution < -0.4 is 0 Å². The molecular weight excluding hydrogens is 160 g/mol. The summed E-state index contributed by atoms with van der Waals surface area (Å²) < 4.78 is 24.6. The molecule has 0 bridgehead atoms. The minimum Gasteiger partial charge on any atom is -0.273 e. The summed E-state index contributed by atoms with van der Waals surface area (Å²) in [5.41, 5.74) is 0. The molecule has 9 heavy (non-hydrogen) atoms. The molecule has 58 valence electrons. The van der Waals surface area contributed by atoms with Gasteiger partial charge in [-0.3, -0.25) is 3.63 Å². The van der Waals surface area contributed by atoms with Crippen LogP contribution in [-0.4, -0.2) is 37.1 Å². The Labute approximate surface area is 58.1 Å². The summed E-state index contributed by atoms with van der Waals surface area (Å²) in [6.45, 7) is 0. The largest absolute Gasteiger partial charge is 0.387 e. The van der Waals surface area contributed by atoms with Crippen LogP contribution >= 0.6 is 10.3 Å². The Morgan fingerprint density at radius 3 is 1.33 bits per heavy atom. The average Bonchev–Trinajstić information content (AvgIpc) is 1.14. The molecule has 1 N–H and O–H groups in total. The average molecular weight is 173 g/mol. The van der Waals surface area contributed by atoms with Gasteiger partial charge in [0, 0.05) is 18.8 Å². The zero-order valence-electron chi connectivity index (χ0n) is 6.08. The Morgan fingerprint density at radius 2 is 1.33 bits per heavy atom. The first-order valence-corrected chi connectivity index (χ1v) is 6.99. The third-order valence-corrected chi connectivity index (χ3v) is 3.23. The summed E-state index contributed by atoms with van der Waals surface area (Å²) in [4.78, 5) is 0. The Morgan fingerprint density at radius 1 is 1.00 bits per heavy atom. The molecule has 0 fully saturated rings. The minimum atomic E-state index is -3.12. The molecule has 0 amide bonds. The summed E-state index contributed by atoms with van der Waals surface area (Å²) >= 11 is 0. The van der Waals surface area contributed by atoms with Gasteiger partial charge >= 0.3 is 10.1 Å². The Balaban J connectivity index is 4.07. The molecule has 0 aliphatic carbocycles. The van der Waals surface area contributed by atoms with E-state index in [1.807, 2.05) is 18.8 Å². The highest BCUT2D eigenvalue weighted by Gasteiger charge is 2.17. The van der Waals surface area contributed by atoms with Crippen LogP contribution in [0.5, 0.6) is 0 Å². The van der Waals surface area contributed by atoms with E-state index in [4.69, 9.17) is 0 Å². The second-order valence-electron chi connectivity index (χ2n) is 2.58. The molecule has 0 saturated carbocycles. The lowest BCUT2D eigenvalue weighted by molar-refractivity contribution is 0.401. The van der Waals surface area contributed by atoms with Crippen molar-refractivity contribution in [3.05, 3.63) is 0 Å². The van der Waals surface area contributed by atoms with Crippen LogP contribution in [0.25, 0.3) is 0 Å². The quantitative estimate of drug-likeness (QED) is 0.454. The van der Waals surface area contributed by atoms with Crippen molar-refractivity contribution in [3.63, 3.8) is 0 Å². The third-order valence-electron chi connectivity index (χ3n) is 0.359. The molecule has 0 aliphatic rings. The molecule has 0 aromatic rings. The second kappa shape index (κ2) is 2.48. The maximum absolute atomic E-state index is 10.5. The normalized spacial score (nSPS) is 15.6. The van der Waals surface area contributed by atoms with Crippen LogP contribution in [-0.2, 0) is 10.1 Å². The van der Waals surface area contributed by atoms with Crippen molar-refractivity contribution in [3.8, 4) is 0 Å². The van der Waals surface area contributed by atoms with Crippen LogP contribution in [0.15, 0.2) is 0 Å². The van der Waals surface area contributed by atoms with Gasteiger partial charge < -0.3 is 0 Å². The fourth-order valence-electron chi connectivity index (χ4n) is 0.406. The van der Waals surface area contributed by atoms with Gasteiger partial charge in [-0.2, -0.15) is 8.42 Å². The maximum atomic E-state index is 10.5. The van der Waals surface area contributed by atoms with Gasteiger partial charge in [0.15, 0.2) is 0 Å². The molecule has 3 nitrogen and oxygen atoms in total. The van der Waals surface area contributed by atoms with Crippen molar-refractivity contribution >= 4 is 20.4 Å². The van der Waals surface area contributed by atoms with Crippen molar-refractivity contribution in [2.75, 3.05) is 25.0 Å². The molecule has 0 aliphatic heterocycles. The van der Waals surface area contributed by atoms with E-state index in [0.29, 0.717) is 0 Å². The lowest BCUT2D eigenvalue weighted by Crippen LogP contribution is -2.11. The Hall–Kier alpha value is 0.260. The first kappa shape index (κ1) is 9.26. The zero-order valence-corrected chi connectivity index (χ0v) is 7.71. The van der Waals surface area contributed by atoms with E-state index in [9.17, 15) is 8.42 Å². The SMILES string of the molecule is CS(C)(C)[OH+]S(C)(=O)=O. The Bertz CT molecular complexity index is 174. The minimum absolute atomic E-state index is 1.12. The molecule has 0 heterocycles. The third kappa shape index (κ3) is 8.26. The first-order chi connectivity index (χ1) is 3.71. The summed E-state index contributed by atoms with van der Waals surface area (Å²) in [6.07, 6.45) is 6.60. The summed E-state index contributed by atoms with van der Waals surface area (Å²) in [7, 11) is -4.36. The van der Waals surface area contributed by atoms with E-state index in [2.05, 4.69) is 3.63 Å². The van der Waals surface area contributed by atoms with Crippen LogP contribution in [0.1, 0.15) is 0 Å². The molecule has 0 saturated heterocycles. The van der Waals surface area contributed by atoms with Crippen molar-refractivity contribution in [2.24, 2.45) is 0 Å². The summed E-state index contributed by atoms with van der Waals surface area (Å²) in [5, 5.41) is 0. The van der Waals surface area contributed by atoms with Gasteiger partial charge in [0.1, 0.15) is 6.26 Å². The standard InChI is InChI=1S/C4H12O3S2/c1-8(2,3)7-9(4,5)6/h1-4H3/p+1. The van der Waals surface area contributed by atoms with Gasteiger partial charge in [-0.25, -0.2) is 0 Å². The molecule has 0 radical (unpaired) electrons. The molecular formula is C4H13O3S2+. The van der Waals surface area contributed by atoms with Gasteiger partial charge in [-0.05, 0) is 10.3 Å². The smallest absolute Gasteiger partial charge is 0.273 e. The fraction of sp³-hybridized carbons (Fsp3) is 1.00. The summed E-state index contributed by atoms with van der Waals surface area (Å²) in [5.74, 6) is 0. The van der Waals surface area contributed by atoms with Crippen molar-refractivity contribution in [1.82, 2.24) is 0 Å². The lowest BCUT2D eigenvalue weighted by Gasteiger charge is -2.17. The second-order valence-corrected chi connectivity index (χ2v) is 8.19. The molecule has 0 aromatic heterocycles. The predicted molar refractivity (Wildman–Crippen MR) is 42.8 cm³/mol. The van der Waals surface area contributed by atoms with E-state index in [1.54, 1.807) is 0 Å². The van der Waals surface area contributed by atoms with E-state index in [-0.39, 0.29) is 0 Å². The number of hydrogen-bond acceptors (Lipinski definition) is 2. The Kier molecular flexibility index (Phi) is 2.55.